The topological polar surface area (TPSA) is 66.8 Å². The lowest BCUT2D eigenvalue weighted by atomic mass is 9.67. The molecular weight excluding hydrogens is 462 g/mol. The van der Waals surface area contributed by atoms with Crippen LogP contribution in [-0.2, 0) is 21.4 Å². The number of hydrogen-bond donors (Lipinski definition) is 1. The molecule has 5 nitrogen and oxygen atoms in total. The van der Waals surface area contributed by atoms with Gasteiger partial charge in [-0.2, -0.15) is 0 Å². The average Bonchev–Trinajstić information content (AvgIpc) is 2.78. The molecule has 0 aromatic heterocycles. The summed E-state index contributed by atoms with van der Waals surface area (Å²) in [5, 5.41) is 9.93. The van der Waals surface area contributed by atoms with Crippen molar-refractivity contribution < 1.29 is 19.4 Å². The number of aryl methyl sites for hydroxylation is 1. The lowest BCUT2D eigenvalue weighted by Crippen LogP contribution is -2.43. The number of methoxy groups -OCH3 is 1. The van der Waals surface area contributed by atoms with Crippen LogP contribution in [-0.4, -0.2) is 30.7 Å². The summed E-state index contributed by atoms with van der Waals surface area (Å²) in [4.78, 5) is 26.2. The third-order valence-electron chi connectivity index (χ3n) is 6.85. The lowest BCUT2D eigenvalue weighted by molar-refractivity contribution is -0.119. The van der Waals surface area contributed by atoms with Crippen molar-refractivity contribution in [1.82, 2.24) is 0 Å². The predicted octanol–water partition coefficient (Wildman–Crippen LogP) is 6.88. The molecule has 35 heavy (non-hydrogen) atoms. The Bertz CT molecular complexity index is 1120. The first-order chi connectivity index (χ1) is 16.4. The van der Waals surface area contributed by atoms with Gasteiger partial charge in [-0.25, -0.2) is 4.79 Å². The predicted molar refractivity (Wildman–Crippen MR) is 141 cm³/mol. The van der Waals surface area contributed by atoms with E-state index in [2.05, 4.69) is 46.8 Å². The van der Waals surface area contributed by atoms with Crippen LogP contribution in [0.3, 0.4) is 0 Å². The molecule has 0 aliphatic carbocycles. The maximum atomic E-state index is 13.4. The molecule has 1 aliphatic rings. The highest BCUT2D eigenvalue weighted by Crippen LogP contribution is 2.44. The van der Waals surface area contributed by atoms with E-state index in [0.29, 0.717) is 12.3 Å². The molecule has 0 spiro atoms. The Labute approximate surface area is 213 Å². The number of halogens is 1. The van der Waals surface area contributed by atoms with Gasteiger partial charge < -0.3 is 9.84 Å². The number of aromatic carboxylic acids is 1. The molecule has 2 aromatic carbocycles. The molecule has 1 amide bonds. The summed E-state index contributed by atoms with van der Waals surface area (Å²) in [7, 11) is 1.67. The number of ether oxygens (including phenoxy) is 1. The second-order valence-corrected chi connectivity index (χ2v) is 11.3. The molecule has 188 valence electrons. The Morgan fingerprint density at radius 2 is 1.86 bits per heavy atom. The monoisotopic (exact) mass is 497 g/mol. The molecule has 1 aliphatic heterocycles. The molecular formula is C29H36ClNO4. The first kappa shape index (κ1) is 27.0. The smallest absolute Gasteiger partial charge is 0.335 e. The minimum atomic E-state index is -0.998. The van der Waals surface area contributed by atoms with Crippen molar-refractivity contribution in [2.45, 2.75) is 59.3 Å². The van der Waals surface area contributed by atoms with Crippen molar-refractivity contribution in [3.63, 3.8) is 0 Å². The van der Waals surface area contributed by atoms with Crippen LogP contribution in [0.25, 0.3) is 0 Å². The van der Waals surface area contributed by atoms with Crippen LogP contribution in [0.15, 0.2) is 54.2 Å². The highest BCUT2D eigenvalue weighted by molar-refractivity contribution is 6.31. The summed E-state index contributed by atoms with van der Waals surface area (Å²) in [5.74, 6) is -1.00. The maximum absolute atomic E-state index is 13.4. The van der Waals surface area contributed by atoms with Crippen molar-refractivity contribution in [3.05, 3.63) is 76.0 Å². The van der Waals surface area contributed by atoms with Gasteiger partial charge in [-0.05, 0) is 65.3 Å². The van der Waals surface area contributed by atoms with E-state index < -0.39 is 11.4 Å². The molecule has 0 bridgehead atoms. The standard InChI is InChI=1S/C29H36ClNO4/c1-19(18-35-6)24-17-31(23-11-8-21(9-12-23)27(33)34)26(32)16-29(24,5)22-10-7-20(25(30)15-22)13-14-28(2,3)4/h7-12,15,17,19H,13-14,16,18H2,1-6H3,(H,33,34)/t19-,29+/m1/s1. The van der Waals surface area contributed by atoms with Crippen LogP contribution in [0.2, 0.25) is 5.02 Å². The number of carbonyl (C=O) groups is 2. The van der Waals surface area contributed by atoms with Crippen LogP contribution in [0.4, 0.5) is 5.69 Å². The number of carboxylic acids is 1. The molecule has 1 heterocycles. The van der Waals surface area contributed by atoms with Gasteiger partial charge in [-0.1, -0.05) is 58.4 Å². The molecule has 0 saturated heterocycles. The number of anilines is 1. The quantitative estimate of drug-likeness (QED) is 0.431. The normalized spacial score (nSPS) is 19.5. The zero-order valence-corrected chi connectivity index (χ0v) is 22.3. The molecule has 3 rings (SSSR count). The molecule has 2 aromatic rings. The van der Waals surface area contributed by atoms with E-state index in [1.165, 1.54) is 12.1 Å². The van der Waals surface area contributed by atoms with Crippen molar-refractivity contribution in [1.29, 1.82) is 0 Å². The van der Waals surface area contributed by atoms with Crippen molar-refractivity contribution in [2.75, 3.05) is 18.6 Å². The Morgan fingerprint density at radius 1 is 1.20 bits per heavy atom. The Balaban J connectivity index is 2.01. The van der Waals surface area contributed by atoms with Crippen LogP contribution in [0, 0.1) is 11.3 Å². The lowest BCUT2D eigenvalue weighted by Gasteiger charge is -2.42. The van der Waals surface area contributed by atoms with Gasteiger partial charge in [0.1, 0.15) is 0 Å². The van der Waals surface area contributed by atoms with E-state index in [0.717, 1.165) is 34.6 Å². The highest BCUT2D eigenvalue weighted by atomic mass is 35.5. The molecule has 0 radical (unpaired) electrons. The van der Waals surface area contributed by atoms with Crippen LogP contribution in [0.1, 0.15) is 68.9 Å². The second-order valence-electron chi connectivity index (χ2n) is 10.9. The SMILES string of the molecule is COC[C@@H](C)C1=CN(c2ccc(C(=O)O)cc2)C(=O)C[C@@]1(C)c1ccc(CCC(C)(C)C)c(Cl)c1. The minimum absolute atomic E-state index is 0.0539. The Kier molecular flexibility index (Phi) is 8.13. The van der Waals surface area contributed by atoms with E-state index in [4.69, 9.17) is 16.3 Å². The van der Waals surface area contributed by atoms with E-state index >= 15 is 0 Å². The number of rotatable bonds is 8. The van der Waals surface area contributed by atoms with Gasteiger partial charge in [0.15, 0.2) is 0 Å². The first-order valence-corrected chi connectivity index (χ1v) is 12.4. The average molecular weight is 498 g/mol. The van der Waals surface area contributed by atoms with Crippen LogP contribution >= 0.6 is 11.6 Å². The summed E-state index contributed by atoms with van der Waals surface area (Å²) in [6.07, 6.45) is 4.10. The zero-order valence-electron chi connectivity index (χ0n) is 21.5. The Hall–Kier alpha value is -2.63. The zero-order chi connectivity index (χ0) is 26.0. The molecule has 0 saturated carbocycles. The van der Waals surface area contributed by atoms with Gasteiger partial charge in [0.2, 0.25) is 5.91 Å². The third kappa shape index (κ3) is 6.14. The van der Waals surface area contributed by atoms with Gasteiger partial charge in [0.05, 0.1) is 12.2 Å². The molecule has 1 N–H and O–H groups in total. The number of amides is 1. The van der Waals surface area contributed by atoms with E-state index in [-0.39, 0.29) is 29.2 Å². The molecule has 0 fully saturated rings. The van der Waals surface area contributed by atoms with Crippen molar-refractivity contribution in [2.24, 2.45) is 11.3 Å². The maximum Gasteiger partial charge on any atom is 0.335 e. The first-order valence-electron chi connectivity index (χ1n) is 12.0. The summed E-state index contributed by atoms with van der Waals surface area (Å²) in [6.45, 7) is 11.4. The van der Waals surface area contributed by atoms with Gasteiger partial charge in [0.25, 0.3) is 0 Å². The van der Waals surface area contributed by atoms with E-state index in [1.807, 2.05) is 12.3 Å². The largest absolute Gasteiger partial charge is 0.478 e. The summed E-state index contributed by atoms with van der Waals surface area (Å²) < 4.78 is 5.47. The van der Waals surface area contributed by atoms with Crippen LogP contribution < -0.4 is 4.90 Å². The fourth-order valence-corrected chi connectivity index (χ4v) is 4.98. The number of nitrogens with zero attached hydrogens (tertiary/aromatic N) is 1. The third-order valence-corrected chi connectivity index (χ3v) is 7.21. The highest BCUT2D eigenvalue weighted by Gasteiger charge is 2.41. The number of carbonyl (C=O) groups excluding carboxylic acids is 1. The second kappa shape index (κ2) is 10.5. The number of carboxylic acid groups (broad SMARTS) is 1. The molecule has 6 heteroatoms. The van der Waals surface area contributed by atoms with Gasteiger partial charge in [-0.15, -0.1) is 0 Å². The van der Waals surface area contributed by atoms with Crippen molar-refractivity contribution in [3.8, 4) is 0 Å². The summed E-state index contributed by atoms with van der Waals surface area (Å²) in [6, 6.07) is 12.6. The fraction of sp³-hybridized carbons (Fsp3) is 0.448. The van der Waals surface area contributed by atoms with Gasteiger partial charge in [-0.3, -0.25) is 9.69 Å². The molecule has 0 unspecified atom stereocenters. The van der Waals surface area contributed by atoms with Crippen molar-refractivity contribution >= 4 is 29.2 Å². The number of hydrogen-bond acceptors (Lipinski definition) is 3. The number of benzene rings is 2. The fourth-order valence-electron chi connectivity index (χ4n) is 4.71. The van der Waals surface area contributed by atoms with Crippen LogP contribution in [0.5, 0.6) is 0 Å². The minimum Gasteiger partial charge on any atom is -0.478 e. The summed E-state index contributed by atoms with van der Waals surface area (Å²) in [5.41, 5.74) is 3.69. The van der Waals surface area contributed by atoms with E-state index in [9.17, 15) is 14.7 Å². The Morgan fingerprint density at radius 3 is 2.40 bits per heavy atom. The summed E-state index contributed by atoms with van der Waals surface area (Å²) >= 11 is 6.74. The van der Waals surface area contributed by atoms with E-state index in [1.54, 1.807) is 24.1 Å². The van der Waals surface area contributed by atoms with Gasteiger partial charge in [0, 0.05) is 41.8 Å². The van der Waals surface area contributed by atoms with Gasteiger partial charge >= 0.3 is 5.97 Å². The molecule has 2 atom stereocenters.